The summed E-state index contributed by atoms with van der Waals surface area (Å²) in [5.74, 6) is -0.352. The number of fused-ring (bicyclic) bond motifs is 2. The maximum Gasteiger partial charge on any atom is 0.416 e. The molecule has 0 aliphatic rings. The number of rotatable bonds is 7. The summed E-state index contributed by atoms with van der Waals surface area (Å²) in [5.41, 5.74) is 2.41. The van der Waals surface area contributed by atoms with Gasteiger partial charge < -0.3 is 9.67 Å². The molecule has 9 heteroatoms. The summed E-state index contributed by atoms with van der Waals surface area (Å²) in [6.45, 7) is 2.52. The predicted octanol–water partition coefficient (Wildman–Crippen LogP) is 6.58. The molecule has 4 nitrogen and oxygen atoms in total. The summed E-state index contributed by atoms with van der Waals surface area (Å²) in [6.07, 6.45) is -3.94. The Morgan fingerprint density at radius 2 is 2.06 bits per heavy atom. The van der Waals surface area contributed by atoms with Crippen molar-refractivity contribution >= 4 is 50.2 Å². The molecule has 0 bridgehead atoms. The Hall–Kier alpha value is -2.52. The molecule has 31 heavy (non-hydrogen) atoms. The van der Waals surface area contributed by atoms with Crippen LogP contribution < -0.4 is 0 Å². The van der Waals surface area contributed by atoms with Crippen molar-refractivity contribution in [3.63, 3.8) is 0 Å². The number of aliphatic carboxylic acids is 1. The van der Waals surface area contributed by atoms with E-state index in [4.69, 9.17) is 5.11 Å². The monoisotopic (exact) mass is 464 g/mol. The summed E-state index contributed by atoms with van der Waals surface area (Å²) < 4.78 is 42.6. The van der Waals surface area contributed by atoms with Gasteiger partial charge in [-0.25, -0.2) is 4.98 Å². The van der Waals surface area contributed by atoms with Crippen molar-refractivity contribution in [2.75, 3.05) is 5.75 Å². The second-order valence-corrected chi connectivity index (χ2v) is 9.21. The Kier molecular flexibility index (Phi) is 5.98. The van der Waals surface area contributed by atoms with E-state index in [2.05, 4.69) is 16.4 Å². The first-order valence-corrected chi connectivity index (χ1v) is 11.5. The Morgan fingerprint density at radius 3 is 2.81 bits per heavy atom. The standard InChI is InChI=1S/C22H19F3N2O2S2/c1-13-4-2-5-18-20(13)14(12-31-18)11-27-17-8-7-15(22(23,24)25)10-16(17)26-21(27)30-9-3-6-19(28)29/h2,4-5,7-8,10,12H,3,6,9,11H2,1H3,(H,28,29). The zero-order chi connectivity index (χ0) is 22.2. The molecule has 0 aliphatic heterocycles. The van der Waals surface area contributed by atoms with E-state index >= 15 is 0 Å². The molecule has 2 heterocycles. The lowest BCUT2D eigenvalue weighted by Crippen LogP contribution is -2.05. The Morgan fingerprint density at radius 1 is 1.26 bits per heavy atom. The topological polar surface area (TPSA) is 55.1 Å². The summed E-state index contributed by atoms with van der Waals surface area (Å²) in [4.78, 5) is 15.3. The lowest BCUT2D eigenvalue weighted by Gasteiger charge is -2.10. The summed E-state index contributed by atoms with van der Waals surface area (Å²) >= 11 is 3.01. The van der Waals surface area contributed by atoms with Crippen LogP contribution in [0.1, 0.15) is 29.5 Å². The second kappa shape index (κ2) is 8.55. The number of carboxylic acid groups (broad SMARTS) is 1. The smallest absolute Gasteiger partial charge is 0.416 e. The summed E-state index contributed by atoms with van der Waals surface area (Å²) in [6, 6.07) is 9.72. The van der Waals surface area contributed by atoms with Crippen molar-refractivity contribution < 1.29 is 23.1 Å². The van der Waals surface area contributed by atoms with E-state index in [-0.39, 0.29) is 11.9 Å². The molecule has 0 aliphatic carbocycles. The molecule has 0 atom stereocenters. The molecule has 0 unspecified atom stereocenters. The number of thioether (sulfide) groups is 1. The van der Waals surface area contributed by atoms with Gasteiger partial charge in [0.15, 0.2) is 5.16 Å². The third kappa shape index (κ3) is 4.57. The van der Waals surface area contributed by atoms with Gasteiger partial charge >= 0.3 is 12.1 Å². The van der Waals surface area contributed by atoms with Crippen LogP contribution in [0, 0.1) is 6.92 Å². The van der Waals surface area contributed by atoms with E-state index in [9.17, 15) is 18.0 Å². The van der Waals surface area contributed by atoms with Gasteiger partial charge in [0.1, 0.15) is 0 Å². The predicted molar refractivity (Wildman–Crippen MR) is 118 cm³/mol. The fourth-order valence-electron chi connectivity index (χ4n) is 3.56. The first kappa shape index (κ1) is 21.7. The molecule has 0 saturated heterocycles. The molecule has 162 valence electrons. The maximum absolute atomic E-state index is 13.2. The fourth-order valence-corrected chi connectivity index (χ4v) is 5.55. The van der Waals surface area contributed by atoms with Crippen LogP contribution >= 0.6 is 23.1 Å². The van der Waals surface area contributed by atoms with Gasteiger partial charge in [0.25, 0.3) is 0 Å². The van der Waals surface area contributed by atoms with Gasteiger partial charge in [-0.05, 0) is 54.1 Å². The molecule has 0 saturated carbocycles. The average Bonchev–Trinajstić information content (AvgIpc) is 3.27. The molecular formula is C22H19F3N2O2S2. The lowest BCUT2D eigenvalue weighted by molar-refractivity contribution is -0.138. The molecule has 0 amide bonds. The molecule has 1 N–H and O–H groups in total. The normalized spacial score (nSPS) is 12.1. The van der Waals surface area contributed by atoms with Crippen LogP contribution in [0.25, 0.3) is 21.1 Å². The van der Waals surface area contributed by atoms with Gasteiger partial charge in [0.2, 0.25) is 0 Å². The minimum atomic E-state index is -4.44. The minimum Gasteiger partial charge on any atom is -0.481 e. The van der Waals surface area contributed by atoms with Crippen LogP contribution in [-0.4, -0.2) is 26.4 Å². The zero-order valence-corrected chi connectivity index (χ0v) is 18.2. The number of nitrogens with zero attached hydrogens (tertiary/aromatic N) is 2. The first-order valence-electron chi connectivity index (χ1n) is 9.62. The van der Waals surface area contributed by atoms with Crippen molar-refractivity contribution in [3.05, 3.63) is 58.5 Å². The van der Waals surface area contributed by atoms with Gasteiger partial charge in [0, 0.05) is 22.3 Å². The maximum atomic E-state index is 13.2. The van der Waals surface area contributed by atoms with E-state index in [0.29, 0.717) is 29.4 Å². The molecular weight excluding hydrogens is 445 g/mol. The number of imidazole rings is 1. The highest BCUT2D eigenvalue weighted by Gasteiger charge is 2.31. The number of thiophene rings is 1. The first-order chi connectivity index (χ1) is 14.7. The highest BCUT2D eigenvalue weighted by molar-refractivity contribution is 7.99. The van der Waals surface area contributed by atoms with Gasteiger partial charge in [0.05, 0.1) is 23.1 Å². The zero-order valence-electron chi connectivity index (χ0n) is 16.6. The molecule has 0 fully saturated rings. The summed E-state index contributed by atoms with van der Waals surface area (Å²) in [5, 5.41) is 12.7. The SMILES string of the molecule is Cc1cccc2scc(Cn3c(SCCCC(=O)O)nc4cc(C(F)(F)F)ccc43)c12. The van der Waals surface area contributed by atoms with Crippen LogP contribution in [0.5, 0.6) is 0 Å². The van der Waals surface area contributed by atoms with Gasteiger partial charge in [-0.1, -0.05) is 23.9 Å². The van der Waals surface area contributed by atoms with E-state index in [1.807, 2.05) is 23.6 Å². The number of benzene rings is 2. The largest absolute Gasteiger partial charge is 0.481 e. The molecule has 4 aromatic rings. The number of carboxylic acids is 1. The number of aromatic nitrogens is 2. The Labute approximate surface area is 184 Å². The van der Waals surface area contributed by atoms with Gasteiger partial charge in [-0.2, -0.15) is 13.2 Å². The number of alkyl halides is 3. The van der Waals surface area contributed by atoms with E-state index < -0.39 is 17.7 Å². The van der Waals surface area contributed by atoms with Gasteiger partial charge in [-0.15, -0.1) is 11.3 Å². The van der Waals surface area contributed by atoms with Crippen LogP contribution in [0.3, 0.4) is 0 Å². The van der Waals surface area contributed by atoms with Crippen LogP contribution in [-0.2, 0) is 17.5 Å². The van der Waals surface area contributed by atoms with E-state index in [1.165, 1.54) is 17.8 Å². The van der Waals surface area contributed by atoms with E-state index in [1.54, 1.807) is 11.3 Å². The molecule has 2 aromatic carbocycles. The lowest BCUT2D eigenvalue weighted by atomic mass is 10.1. The number of carbonyl (C=O) groups is 1. The number of halogens is 3. The average molecular weight is 465 g/mol. The van der Waals surface area contributed by atoms with Crippen molar-refractivity contribution in [2.45, 2.75) is 37.6 Å². The van der Waals surface area contributed by atoms with Crippen LogP contribution in [0.4, 0.5) is 13.2 Å². The third-order valence-electron chi connectivity index (χ3n) is 5.02. The van der Waals surface area contributed by atoms with Crippen molar-refractivity contribution in [2.24, 2.45) is 0 Å². The number of hydrogen-bond acceptors (Lipinski definition) is 4. The fraction of sp³-hybridized carbons (Fsp3) is 0.273. The second-order valence-electron chi connectivity index (χ2n) is 7.24. The highest BCUT2D eigenvalue weighted by atomic mass is 32.2. The van der Waals surface area contributed by atoms with Crippen molar-refractivity contribution in [1.82, 2.24) is 9.55 Å². The van der Waals surface area contributed by atoms with Crippen LogP contribution in [0.2, 0.25) is 0 Å². The third-order valence-corrected chi connectivity index (χ3v) is 7.08. The molecule has 2 aromatic heterocycles. The van der Waals surface area contributed by atoms with Crippen molar-refractivity contribution in [1.29, 1.82) is 0 Å². The number of hydrogen-bond donors (Lipinski definition) is 1. The Balaban J connectivity index is 1.74. The van der Waals surface area contributed by atoms with Crippen LogP contribution in [0.15, 0.2) is 46.9 Å². The highest BCUT2D eigenvalue weighted by Crippen LogP contribution is 2.35. The molecule has 0 spiro atoms. The quantitative estimate of drug-likeness (QED) is 0.248. The summed E-state index contributed by atoms with van der Waals surface area (Å²) in [7, 11) is 0. The molecule has 0 radical (unpaired) electrons. The minimum absolute atomic E-state index is 0.0415. The Bertz CT molecular complexity index is 1260. The van der Waals surface area contributed by atoms with E-state index in [0.717, 1.165) is 33.3 Å². The van der Waals surface area contributed by atoms with Crippen molar-refractivity contribution in [3.8, 4) is 0 Å². The molecule has 4 rings (SSSR count). The number of aryl methyl sites for hydroxylation is 1. The van der Waals surface area contributed by atoms with Gasteiger partial charge in [-0.3, -0.25) is 4.79 Å².